The zero-order valence-electron chi connectivity index (χ0n) is 10.6. The quantitative estimate of drug-likeness (QED) is 0.847. The molecule has 0 bridgehead atoms. The Morgan fingerprint density at radius 2 is 2.61 bits per heavy atom. The van der Waals surface area contributed by atoms with Gasteiger partial charge in [-0.1, -0.05) is 6.92 Å². The van der Waals surface area contributed by atoms with Gasteiger partial charge in [-0.25, -0.2) is 0 Å². The third-order valence-corrected chi connectivity index (χ3v) is 3.54. The number of carbonyl (C=O) groups is 1. The maximum atomic E-state index is 12.2. The fraction of sp³-hybridized carbons (Fsp3) is 0.615. The van der Waals surface area contributed by atoms with Crippen molar-refractivity contribution in [2.75, 3.05) is 0 Å². The van der Waals surface area contributed by atoms with Gasteiger partial charge in [-0.05, 0) is 25.7 Å². The molecule has 0 spiro atoms. The molecule has 2 N–H and O–H groups in total. The fourth-order valence-electron chi connectivity index (χ4n) is 2.44. The van der Waals surface area contributed by atoms with Gasteiger partial charge < -0.3 is 5.32 Å². The van der Waals surface area contributed by atoms with E-state index in [2.05, 4.69) is 21.6 Å². The Balaban J connectivity index is 2.05. The van der Waals surface area contributed by atoms with Crippen molar-refractivity contribution in [1.82, 2.24) is 15.5 Å². The van der Waals surface area contributed by atoms with Crippen LogP contribution in [0, 0.1) is 11.3 Å². The molecule has 5 nitrogen and oxygen atoms in total. The number of hydrogen-bond donors (Lipinski definition) is 2. The van der Waals surface area contributed by atoms with Crippen molar-refractivity contribution in [3.63, 3.8) is 0 Å². The van der Waals surface area contributed by atoms with Crippen LogP contribution in [0.3, 0.4) is 0 Å². The molecule has 18 heavy (non-hydrogen) atoms. The van der Waals surface area contributed by atoms with Gasteiger partial charge in [0.2, 0.25) is 5.91 Å². The first kappa shape index (κ1) is 12.6. The van der Waals surface area contributed by atoms with Crippen molar-refractivity contribution < 1.29 is 4.79 Å². The van der Waals surface area contributed by atoms with Crippen LogP contribution in [-0.2, 0) is 11.2 Å². The molecule has 0 unspecified atom stereocenters. The Morgan fingerprint density at radius 3 is 3.33 bits per heavy atom. The molecule has 0 saturated heterocycles. The van der Waals surface area contributed by atoms with Crippen molar-refractivity contribution in [3.05, 3.63) is 17.5 Å². The standard InChI is InChI=1S/C13H18N4O/c1-2-9(6-7-14)16-13(18)10-4-3-5-12-11(10)8-15-17-12/h8-10H,2-6H2,1H3,(H,15,17)(H,16,18)/t9-,10+/m1/s1. The third kappa shape index (κ3) is 2.53. The van der Waals surface area contributed by atoms with Gasteiger partial charge in [0.15, 0.2) is 0 Å². The normalized spacial score (nSPS) is 19.7. The minimum absolute atomic E-state index is 0.0273. The monoisotopic (exact) mass is 246 g/mol. The highest BCUT2D eigenvalue weighted by Gasteiger charge is 2.28. The molecule has 1 amide bonds. The molecular weight excluding hydrogens is 228 g/mol. The van der Waals surface area contributed by atoms with Crippen molar-refractivity contribution in [1.29, 1.82) is 5.26 Å². The third-order valence-electron chi connectivity index (χ3n) is 3.54. The van der Waals surface area contributed by atoms with Crippen LogP contribution >= 0.6 is 0 Å². The average molecular weight is 246 g/mol. The number of aromatic amines is 1. The lowest BCUT2D eigenvalue weighted by Gasteiger charge is -2.23. The summed E-state index contributed by atoms with van der Waals surface area (Å²) >= 11 is 0. The number of aromatic nitrogens is 2. The molecule has 1 aromatic heterocycles. The highest BCUT2D eigenvalue weighted by Crippen LogP contribution is 2.30. The highest BCUT2D eigenvalue weighted by atomic mass is 16.1. The summed E-state index contributed by atoms with van der Waals surface area (Å²) in [5, 5.41) is 18.6. The summed E-state index contributed by atoms with van der Waals surface area (Å²) in [6.07, 6.45) is 5.74. The van der Waals surface area contributed by atoms with E-state index in [-0.39, 0.29) is 17.9 Å². The Kier molecular flexibility index (Phi) is 3.98. The Morgan fingerprint density at radius 1 is 1.78 bits per heavy atom. The van der Waals surface area contributed by atoms with Crippen LogP contribution in [0.5, 0.6) is 0 Å². The van der Waals surface area contributed by atoms with E-state index in [0.29, 0.717) is 6.42 Å². The fourth-order valence-corrected chi connectivity index (χ4v) is 2.44. The number of H-pyrrole nitrogens is 1. The van der Waals surface area contributed by atoms with E-state index in [1.54, 1.807) is 6.20 Å². The van der Waals surface area contributed by atoms with E-state index in [1.165, 1.54) is 0 Å². The van der Waals surface area contributed by atoms with Gasteiger partial charge in [-0.2, -0.15) is 10.4 Å². The molecule has 0 aliphatic heterocycles. The Hall–Kier alpha value is -1.83. The predicted molar refractivity (Wildman–Crippen MR) is 66.7 cm³/mol. The molecule has 0 saturated carbocycles. The zero-order chi connectivity index (χ0) is 13.0. The summed E-state index contributed by atoms with van der Waals surface area (Å²) in [5.74, 6) is -0.0836. The Labute approximate surface area is 107 Å². The van der Waals surface area contributed by atoms with E-state index < -0.39 is 0 Å². The SMILES string of the molecule is CC[C@H](CC#N)NC(=O)[C@H]1CCCc2[nH]ncc21. The maximum Gasteiger partial charge on any atom is 0.227 e. The van der Waals surface area contributed by atoms with E-state index in [0.717, 1.165) is 36.9 Å². The molecule has 5 heteroatoms. The van der Waals surface area contributed by atoms with Crippen molar-refractivity contribution in [2.24, 2.45) is 0 Å². The van der Waals surface area contributed by atoms with Gasteiger partial charge >= 0.3 is 0 Å². The summed E-state index contributed by atoms with van der Waals surface area (Å²) in [6.45, 7) is 1.98. The first-order valence-electron chi connectivity index (χ1n) is 6.45. The number of nitrogens with one attached hydrogen (secondary N) is 2. The summed E-state index contributed by atoms with van der Waals surface area (Å²) in [6, 6.07) is 2.07. The molecule has 96 valence electrons. The van der Waals surface area contributed by atoms with E-state index in [4.69, 9.17) is 5.26 Å². The van der Waals surface area contributed by atoms with Gasteiger partial charge in [0.25, 0.3) is 0 Å². The minimum atomic E-state index is -0.111. The summed E-state index contributed by atoms with van der Waals surface area (Å²) in [7, 11) is 0. The second-order valence-corrected chi connectivity index (χ2v) is 4.72. The van der Waals surface area contributed by atoms with Crippen LogP contribution in [-0.4, -0.2) is 22.1 Å². The molecule has 0 aromatic carbocycles. The molecule has 1 aliphatic rings. The lowest BCUT2D eigenvalue weighted by atomic mass is 9.86. The number of aryl methyl sites for hydroxylation is 1. The molecule has 2 atom stereocenters. The van der Waals surface area contributed by atoms with Crippen LogP contribution in [0.15, 0.2) is 6.20 Å². The first-order chi connectivity index (χ1) is 8.76. The molecule has 1 heterocycles. The zero-order valence-corrected chi connectivity index (χ0v) is 10.6. The number of fused-ring (bicyclic) bond motifs is 1. The number of carbonyl (C=O) groups excluding carboxylic acids is 1. The molecule has 0 radical (unpaired) electrons. The number of rotatable bonds is 4. The summed E-state index contributed by atoms with van der Waals surface area (Å²) in [5.41, 5.74) is 2.10. The van der Waals surface area contributed by atoms with Gasteiger partial charge in [0.05, 0.1) is 24.6 Å². The maximum absolute atomic E-state index is 12.2. The minimum Gasteiger partial charge on any atom is -0.352 e. The summed E-state index contributed by atoms with van der Waals surface area (Å²) < 4.78 is 0. The molecular formula is C13H18N4O. The molecule has 1 aliphatic carbocycles. The highest BCUT2D eigenvalue weighted by molar-refractivity contribution is 5.84. The largest absolute Gasteiger partial charge is 0.352 e. The number of hydrogen-bond acceptors (Lipinski definition) is 3. The van der Waals surface area contributed by atoms with Crippen LogP contribution in [0.4, 0.5) is 0 Å². The number of amides is 1. The van der Waals surface area contributed by atoms with Gasteiger partial charge in [-0.3, -0.25) is 9.89 Å². The van der Waals surface area contributed by atoms with E-state index in [1.807, 2.05) is 6.92 Å². The lowest BCUT2D eigenvalue weighted by Crippen LogP contribution is -2.38. The van der Waals surface area contributed by atoms with Crippen molar-refractivity contribution in [2.45, 2.75) is 51.0 Å². The first-order valence-corrected chi connectivity index (χ1v) is 6.45. The van der Waals surface area contributed by atoms with Crippen LogP contribution in [0.25, 0.3) is 0 Å². The van der Waals surface area contributed by atoms with Crippen LogP contribution < -0.4 is 5.32 Å². The molecule has 2 rings (SSSR count). The lowest BCUT2D eigenvalue weighted by molar-refractivity contribution is -0.123. The smallest absolute Gasteiger partial charge is 0.227 e. The Bertz CT molecular complexity index is 460. The van der Waals surface area contributed by atoms with Crippen molar-refractivity contribution in [3.8, 4) is 6.07 Å². The summed E-state index contributed by atoms with van der Waals surface area (Å²) in [4.78, 5) is 12.2. The predicted octanol–water partition coefficient (Wildman–Crippen LogP) is 1.64. The number of nitriles is 1. The van der Waals surface area contributed by atoms with E-state index >= 15 is 0 Å². The second kappa shape index (κ2) is 5.67. The van der Waals surface area contributed by atoms with Gasteiger partial charge in [0, 0.05) is 17.3 Å². The van der Waals surface area contributed by atoms with Crippen LogP contribution in [0.2, 0.25) is 0 Å². The van der Waals surface area contributed by atoms with Crippen LogP contribution in [0.1, 0.15) is 49.8 Å². The second-order valence-electron chi connectivity index (χ2n) is 4.72. The number of nitrogens with zero attached hydrogens (tertiary/aromatic N) is 2. The molecule has 1 aromatic rings. The molecule has 0 fully saturated rings. The van der Waals surface area contributed by atoms with E-state index in [9.17, 15) is 4.79 Å². The van der Waals surface area contributed by atoms with Gasteiger partial charge in [-0.15, -0.1) is 0 Å². The topological polar surface area (TPSA) is 81.6 Å². The average Bonchev–Trinajstić information content (AvgIpc) is 2.85. The van der Waals surface area contributed by atoms with Gasteiger partial charge in [0.1, 0.15) is 0 Å². The van der Waals surface area contributed by atoms with Crippen molar-refractivity contribution >= 4 is 5.91 Å².